The number of hydrogen-bond donors (Lipinski definition) is 0. The van der Waals surface area contributed by atoms with Crippen LogP contribution >= 0.6 is 0 Å². The summed E-state index contributed by atoms with van der Waals surface area (Å²) in [5.74, 6) is -0.269. The van der Waals surface area contributed by atoms with Gasteiger partial charge in [0, 0.05) is 62.5 Å². The van der Waals surface area contributed by atoms with E-state index in [1.807, 2.05) is 6.07 Å². The normalized spacial score (nSPS) is 22.5. The molecule has 1 saturated carbocycles. The first-order valence-corrected chi connectivity index (χ1v) is 12.9. The van der Waals surface area contributed by atoms with Crippen LogP contribution in [0.5, 0.6) is 0 Å². The highest BCUT2D eigenvalue weighted by Gasteiger charge is 2.36. The van der Waals surface area contributed by atoms with Gasteiger partial charge in [-0.2, -0.15) is 0 Å². The third-order valence-electron chi connectivity index (χ3n) is 7.89. The maximum absolute atomic E-state index is 14.1. The molecule has 34 heavy (non-hydrogen) atoms. The molecule has 1 amide bonds. The number of amides is 1. The number of benzene rings is 2. The standard InChI is InChI=1S/C28H35F2N3O/c29-24-11-13-26(30)23(18-24)19-31-14-16-32(17-15-31)20-25-12-10-21-6-4-5-9-27(21)33(25)28(34)22-7-2-1-3-8-22/h4-6,9,11,13,18,22,25H,1-3,7-8,10,12,14-17,19-20H2. The van der Waals surface area contributed by atoms with Crippen molar-refractivity contribution in [3.63, 3.8) is 0 Å². The molecule has 2 heterocycles. The van der Waals surface area contributed by atoms with Gasteiger partial charge in [-0.15, -0.1) is 0 Å². The summed E-state index contributed by atoms with van der Waals surface area (Å²) in [5.41, 5.74) is 2.81. The smallest absolute Gasteiger partial charge is 0.230 e. The highest BCUT2D eigenvalue weighted by atomic mass is 19.1. The summed E-state index contributed by atoms with van der Waals surface area (Å²) in [6.45, 7) is 4.68. The van der Waals surface area contributed by atoms with Gasteiger partial charge < -0.3 is 4.90 Å². The van der Waals surface area contributed by atoms with Gasteiger partial charge in [-0.25, -0.2) is 8.78 Å². The number of halogens is 2. The zero-order valence-corrected chi connectivity index (χ0v) is 19.9. The SMILES string of the molecule is O=C(C1CCCCC1)N1c2ccccc2CCC1CN1CCN(Cc2cc(F)ccc2F)CC1. The Balaban J connectivity index is 1.24. The molecule has 6 heteroatoms. The second-order valence-electron chi connectivity index (χ2n) is 10.2. The van der Waals surface area contributed by atoms with Gasteiger partial charge in [0.15, 0.2) is 0 Å². The van der Waals surface area contributed by atoms with E-state index >= 15 is 0 Å². The summed E-state index contributed by atoms with van der Waals surface area (Å²) in [6.07, 6.45) is 7.58. The van der Waals surface area contributed by atoms with Crippen molar-refractivity contribution in [3.8, 4) is 0 Å². The fourth-order valence-corrected chi connectivity index (χ4v) is 5.96. The Bertz CT molecular complexity index is 999. The molecule has 1 unspecified atom stereocenters. The Labute approximate surface area is 201 Å². The number of carbonyl (C=O) groups excluding carboxylic acids is 1. The second-order valence-corrected chi connectivity index (χ2v) is 10.2. The molecule has 1 aliphatic carbocycles. The van der Waals surface area contributed by atoms with Crippen molar-refractivity contribution < 1.29 is 13.6 Å². The Morgan fingerprint density at radius 1 is 0.882 bits per heavy atom. The third-order valence-corrected chi connectivity index (χ3v) is 7.89. The lowest BCUT2D eigenvalue weighted by molar-refractivity contribution is -0.124. The number of nitrogens with zero attached hydrogens (tertiary/aromatic N) is 3. The summed E-state index contributed by atoms with van der Waals surface area (Å²) < 4.78 is 27.6. The third kappa shape index (κ3) is 5.18. The summed E-state index contributed by atoms with van der Waals surface area (Å²) in [7, 11) is 0. The van der Waals surface area contributed by atoms with Crippen molar-refractivity contribution in [3.05, 3.63) is 65.2 Å². The molecule has 182 valence electrons. The van der Waals surface area contributed by atoms with Crippen LogP contribution in [-0.2, 0) is 17.8 Å². The fourth-order valence-electron chi connectivity index (χ4n) is 5.96. The molecule has 0 bridgehead atoms. The molecule has 2 aromatic carbocycles. The minimum atomic E-state index is -0.393. The molecule has 5 rings (SSSR count). The van der Waals surface area contributed by atoms with E-state index in [-0.39, 0.29) is 17.8 Å². The van der Waals surface area contributed by atoms with E-state index in [4.69, 9.17) is 0 Å². The highest BCUT2D eigenvalue weighted by molar-refractivity contribution is 5.97. The van der Waals surface area contributed by atoms with Crippen molar-refractivity contribution in [2.75, 3.05) is 37.6 Å². The quantitative estimate of drug-likeness (QED) is 0.619. The van der Waals surface area contributed by atoms with Crippen LogP contribution in [0.1, 0.15) is 49.7 Å². The molecule has 0 N–H and O–H groups in total. The van der Waals surface area contributed by atoms with Gasteiger partial charge in [-0.05, 0) is 55.5 Å². The van der Waals surface area contributed by atoms with Gasteiger partial charge in [0.05, 0.1) is 0 Å². The molecule has 4 nitrogen and oxygen atoms in total. The van der Waals surface area contributed by atoms with Gasteiger partial charge in [-0.3, -0.25) is 14.6 Å². The number of para-hydroxylation sites is 1. The summed E-state index contributed by atoms with van der Waals surface area (Å²) in [6, 6.07) is 12.3. The number of carbonyl (C=O) groups is 1. The largest absolute Gasteiger partial charge is 0.308 e. The Kier molecular flexibility index (Phi) is 7.26. The van der Waals surface area contributed by atoms with E-state index in [2.05, 4.69) is 32.9 Å². The van der Waals surface area contributed by atoms with E-state index in [9.17, 15) is 13.6 Å². The molecule has 2 fully saturated rings. The summed E-state index contributed by atoms with van der Waals surface area (Å²) in [5, 5.41) is 0. The molecule has 1 saturated heterocycles. The van der Waals surface area contributed by atoms with Crippen LogP contribution in [0.4, 0.5) is 14.5 Å². The zero-order chi connectivity index (χ0) is 23.5. The molecule has 2 aliphatic heterocycles. The lowest BCUT2D eigenvalue weighted by Gasteiger charge is -2.43. The topological polar surface area (TPSA) is 26.8 Å². The van der Waals surface area contributed by atoms with Crippen molar-refractivity contribution in [1.82, 2.24) is 9.80 Å². The predicted molar refractivity (Wildman–Crippen MR) is 131 cm³/mol. The molecule has 0 spiro atoms. The average Bonchev–Trinajstić information content (AvgIpc) is 2.87. The van der Waals surface area contributed by atoms with E-state index in [0.717, 1.165) is 76.9 Å². The predicted octanol–water partition coefficient (Wildman–Crippen LogP) is 5.01. The zero-order valence-electron chi connectivity index (χ0n) is 19.9. The first-order valence-electron chi connectivity index (χ1n) is 12.9. The van der Waals surface area contributed by atoms with Crippen molar-refractivity contribution in [1.29, 1.82) is 0 Å². The Morgan fingerprint density at radius 3 is 2.41 bits per heavy atom. The Morgan fingerprint density at radius 2 is 1.62 bits per heavy atom. The van der Waals surface area contributed by atoms with Crippen LogP contribution in [0.15, 0.2) is 42.5 Å². The minimum Gasteiger partial charge on any atom is -0.308 e. The molecular formula is C28H35F2N3O. The summed E-state index contributed by atoms with van der Waals surface area (Å²) in [4.78, 5) is 20.5. The van der Waals surface area contributed by atoms with E-state index in [0.29, 0.717) is 18.0 Å². The first kappa shape index (κ1) is 23.4. The number of rotatable bonds is 5. The maximum Gasteiger partial charge on any atom is 0.230 e. The van der Waals surface area contributed by atoms with Gasteiger partial charge >= 0.3 is 0 Å². The molecular weight excluding hydrogens is 432 g/mol. The van der Waals surface area contributed by atoms with Crippen molar-refractivity contribution in [2.45, 2.75) is 57.5 Å². The van der Waals surface area contributed by atoms with Crippen LogP contribution in [0.2, 0.25) is 0 Å². The number of anilines is 1. The van der Waals surface area contributed by atoms with Crippen molar-refractivity contribution in [2.24, 2.45) is 5.92 Å². The van der Waals surface area contributed by atoms with E-state index in [1.54, 1.807) is 0 Å². The Hall–Kier alpha value is -2.31. The number of piperazine rings is 1. The van der Waals surface area contributed by atoms with Crippen LogP contribution in [0.25, 0.3) is 0 Å². The number of fused-ring (bicyclic) bond motifs is 1. The summed E-state index contributed by atoms with van der Waals surface area (Å²) >= 11 is 0. The average molecular weight is 468 g/mol. The van der Waals surface area contributed by atoms with Gasteiger partial charge in [-0.1, -0.05) is 37.5 Å². The molecule has 3 aliphatic rings. The van der Waals surface area contributed by atoms with Crippen LogP contribution in [0, 0.1) is 17.6 Å². The fraction of sp³-hybridized carbons (Fsp3) is 0.536. The van der Waals surface area contributed by atoms with E-state index in [1.165, 1.54) is 30.2 Å². The lowest BCUT2D eigenvalue weighted by Crippen LogP contribution is -2.55. The molecule has 2 aromatic rings. The molecule has 0 radical (unpaired) electrons. The van der Waals surface area contributed by atoms with Gasteiger partial charge in [0.2, 0.25) is 5.91 Å². The minimum absolute atomic E-state index is 0.153. The van der Waals surface area contributed by atoms with Gasteiger partial charge in [0.25, 0.3) is 0 Å². The van der Waals surface area contributed by atoms with E-state index < -0.39 is 5.82 Å². The molecule has 1 atom stereocenters. The first-order chi connectivity index (χ1) is 16.6. The maximum atomic E-state index is 14.1. The monoisotopic (exact) mass is 467 g/mol. The molecule has 0 aromatic heterocycles. The number of aryl methyl sites for hydroxylation is 1. The van der Waals surface area contributed by atoms with Crippen molar-refractivity contribution >= 4 is 11.6 Å². The highest BCUT2D eigenvalue weighted by Crippen LogP contribution is 2.35. The lowest BCUT2D eigenvalue weighted by atomic mass is 9.86. The second kappa shape index (κ2) is 10.5. The van der Waals surface area contributed by atoms with Crippen LogP contribution in [-0.4, -0.2) is 54.5 Å². The van der Waals surface area contributed by atoms with Gasteiger partial charge in [0.1, 0.15) is 11.6 Å². The number of hydrogen-bond acceptors (Lipinski definition) is 3. The van der Waals surface area contributed by atoms with Crippen LogP contribution < -0.4 is 4.90 Å². The van der Waals surface area contributed by atoms with Crippen LogP contribution in [0.3, 0.4) is 0 Å².